The van der Waals surface area contributed by atoms with E-state index in [1.807, 2.05) is 30.3 Å². The Bertz CT molecular complexity index is 569. The standard InChI is InChI=1S/C17H25N3O5/c1-17(2,3)25-16(23)20-11-14(21)18-9-10-19-15(22)24-12-13-7-5-4-6-8-13/h4-8H,9-12H2,1-3H3,(H,18,21)(H,19,22)(H,20,23). The normalized spacial score (nSPS) is 10.5. The van der Waals surface area contributed by atoms with Crippen molar-refractivity contribution in [2.75, 3.05) is 19.6 Å². The van der Waals surface area contributed by atoms with Gasteiger partial charge in [-0.1, -0.05) is 30.3 Å². The Kier molecular flexibility index (Phi) is 8.25. The molecule has 0 radical (unpaired) electrons. The molecular weight excluding hydrogens is 326 g/mol. The Morgan fingerprint density at radius 1 is 0.920 bits per heavy atom. The van der Waals surface area contributed by atoms with Gasteiger partial charge in [0.05, 0.1) is 6.54 Å². The molecule has 0 aliphatic carbocycles. The number of ether oxygens (including phenoxy) is 2. The number of nitrogens with one attached hydrogen (secondary N) is 3. The molecule has 0 atom stereocenters. The van der Waals surface area contributed by atoms with Crippen LogP contribution in [0.4, 0.5) is 9.59 Å². The molecule has 0 spiro atoms. The first-order valence-corrected chi connectivity index (χ1v) is 7.94. The summed E-state index contributed by atoms with van der Waals surface area (Å²) in [7, 11) is 0. The maximum absolute atomic E-state index is 11.5. The maximum atomic E-state index is 11.5. The SMILES string of the molecule is CC(C)(C)OC(=O)NCC(=O)NCCNC(=O)OCc1ccccc1. The lowest BCUT2D eigenvalue weighted by atomic mass is 10.2. The molecule has 138 valence electrons. The van der Waals surface area contributed by atoms with Crippen molar-refractivity contribution in [2.45, 2.75) is 33.0 Å². The van der Waals surface area contributed by atoms with E-state index in [0.29, 0.717) is 0 Å². The molecule has 0 saturated heterocycles. The van der Waals surface area contributed by atoms with Crippen molar-refractivity contribution >= 4 is 18.1 Å². The van der Waals surface area contributed by atoms with Crippen LogP contribution < -0.4 is 16.0 Å². The topological polar surface area (TPSA) is 106 Å². The summed E-state index contributed by atoms with van der Waals surface area (Å²) in [5.74, 6) is -0.384. The van der Waals surface area contributed by atoms with Crippen molar-refractivity contribution in [2.24, 2.45) is 0 Å². The van der Waals surface area contributed by atoms with Crippen LogP contribution in [-0.4, -0.2) is 43.3 Å². The second-order valence-electron chi connectivity index (χ2n) is 6.19. The van der Waals surface area contributed by atoms with E-state index in [2.05, 4.69) is 16.0 Å². The molecule has 0 aliphatic rings. The van der Waals surface area contributed by atoms with Crippen molar-refractivity contribution in [1.29, 1.82) is 0 Å². The molecule has 3 amide bonds. The fourth-order valence-corrected chi connectivity index (χ4v) is 1.67. The first-order chi connectivity index (χ1) is 11.8. The predicted molar refractivity (Wildman–Crippen MR) is 91.9 cm³/mol. The Balaban J connectivity index is 2.07. The molecule has 0 aromatic heterocycles. The molecule has 0 heterocycles. The number of hydrogen-bond acceptors (Lipinski definition) is 5. The van der Waals surface area contributed by atoms with Crippen LogP contribution in [0.3, 0.4) is 0 Å². The average molecular weight is 351 g/mol. The van der Waals surface area contributed by atoms with Gasteiger partial charge in [0.2, 0.25) is 5.91 Å². The summed E-state index contributed by atoms with van der Waals surface area (Å²) in [6.07, 6.45) is -1.23. The third-order valence-electron chi connectivity index (χ3n) is 2.72. The van der Waals surface area contributed by atoms with Gasteiger partial charge in [0.25, 0.3) is 0 Å². The molecule has 0 aliphatic heterocycles. The van der Waals surface area contributed by atoms with E-state index >= 15 is 0 Å². The van der Waals surface area contributed by atoms with Gasteiger partial charge in [0, 0.05) is 13.1 Å². The number of carbonyl (C=O) groups is 3. The summed E-state index contributed by atoms with van der Waals surface area (Å²) < 4.78 is 10.0. The smallest absolute Gasteiger partial charge is 0.408 e. The minimum Gasteiger partial charge on any atom is -0.445 e. The van der Waals surface area contributed by atoms with Crippen LogP contribution in [0.2, 0.25) is 0 Å². The summed E-state index contributed by atoms with van der Waals surface area (Å²) >= 11 is 0. The lowest BCUT2D eigenvalue weighted by Crippen LogP contribution is -2.42. The van der Waals surface area contributed by atoms with Crippen LogP contribution in [0, 0.1) is 0 Å². The highest BCUT2D eigenvalue weighted by Crippen LogP contribution is 2.06. The second kappa shape index (κ2) is 10.2. The molecule has 0 saturated carbocycles. The van der Waals surface area contributed by atoms with Gasteiger partial charge in [-0.05, 0) is 26.3 Å². The molecule has 8 nitrogen and oxygen atoms in total. The fraction of sp³-hybridized carbons (Fsp3) is 0.471. The van der Waals surface area contributed by atoms with Crippen molar-refractivity contribution in [3.05, 3.63) is 35.9 Å². The van der Waals surface area contributed by atoms with E-state index in [1.54, 1.807) is 20.8 Å². The maximum Gasteiger partial charge on any atom is 0.408 e. The Morgan fingerprint density at radius 3 is 2.20 bits per heavy atom. The third-order valence-corrected chi connectivity index (χ3v) is 2.72. The lowest BCUT2D eigenvalue weighted by Gasteiger charge is -2.19. The molecular formula is C17H25N3O5. The Labute approximate surface area is 147 Å². The van der Waals surface area contributed by atoms with Crippen LogP contribution in [0.25, 0.3) is 0 Å². The highest BCUT2D eigenvalue weighted by atomic mass is 16.6. The quantitative estimate of drug-likeness (QED) is 0.647. The van der Waals surface area contributed by atoms with Crippen molar-refractivity contribution in [3.63, 3.8) is 0 Å². The summed E-state index contributed by atoms with van der Waals surface area (Å²) in [6.45, 7) is 5.60. The van der Waals surface area contributed by atoms with Crippen LogP contribution in [-0.2, 0) is 20.9 Å². The molecule has 0 fully saturated rings. The van der Waals surface area contributed by atoms with Crippen LogP contribution in [0.1, 0.15) is 26.3 Å². The van der Waals surface area contributed by atoms with Gasteiger partial charge in [0.15, 0.2) is 0 Å². The van der Waals surface area contributed by atoms with E-state index in [0.717, 1.165) is 5.56 Å². The summed E-state index contributed by atoms with van der Waals surface area (Å²) in [6, 6.07) is 9.30. The van der Waals surface area contributed by atoms with E-state index in [9.17, 15) is 14.4 Å². The minimum absolute atomic E-state index is 0.179. The molecule has 0 unspecified atom stereocenters. The highest BCUT2D eigenvalue weighted by molar-refractivity contribution is 5.82. The van der Waals surface area contributed by atoms with Crippen molar-refractivity contribution in [3.8, 4) is 0 Å². The number of alkyl carbamates (subject to hydrolysis) is 2. The Morgan fingerprint density at radius 2 is 1.56 bits per heavy atom. The highest BCUT2D eigenvalue weighted by Gasteiger charge is 2.16. The monoisotopic (exact) mass is 351 g/mol. The summed E-state index contributed by atoms with van der Waals surface area (Å²) in [5, 5.41) is 7.41. The molecule has 25 heavy (non-hydrogen) atoms. The van der Waals surface area contributed by atoms with Gasteiger partial charge in [-0.3, -0.25) is 4.79 Å². The van der Waals surface area contributed by atoms with Gasteiger partial charge in [-0.15, -0.1) is 0 Å². The van der Waals surface area contributed by atoms with E-state index in [4.69, 9.17) is 9.47 Å². The number of amides is 3. The average Bonchev–Trinajstić information content (AvgIpc) is 2.54. The van der Waals surface area contributed by atoms with Crippen molar-refractivity contribution in [1.82, 2.24) is 16.0 Å². The number of benzene rings is 1. The van der Waals surface area contributed by atoms with E-state index in [1.165, 1.54) is 0 Å². The zero-order valence-corrected chi connectivity index (χ0v) is 14.8. The predicted octanol–water partition coefficient (Wildman–Crippen LogP) is 1.55. The largest absolute Gasteiger partial charge is 0.445 e. The molecule has 1 aromatic carbocycles. The third kappa shape index (κ3) is 10.6. The molecule has 8 heteroatoms. The molecule has 1 rings (SSSR count). The zero-order chi connectivity index (χ0) is 18.7. The van der Waals surface area contributed by atoms with E-state index < -0.39 is 17.8 Å². The Hall–Kier alpha value is -2.77. The van der Waals surface area contributed by atoms with Gasteiger partial charge >= 0.3 is 12.2 Å². The van der Waals surface area contributed by atoms with Gasteiger partial charge < -0.3 is 25.4 Å². The number of hydrogen-bond donors (Lipinski definition) is 3. The minimum atomic E-state index is -0.662. The second-order valence-corrected chi connectivity index (χ2v) is 6.19. The zero-order valence-electron chi connectivity index (χ0n) is 14.8. The van der Waals surface area contributed by atoms with Gasteiger partial charge in [-0.2, -0.15) is 0 Å². The van der Waals surface area contributed by atoms with Gasteiger partial charge in [0.1, 0.15) is 12.2 Å². The molecule has 1 aromatic rings. The first kappa shape index (κ1) is 20.3. The molecule has 3 N–H and O–H groups in total. The first-order valence-electron chi connectivity index (χ1n) is 7.94. The van der Waals surface area contributed by atoms with Gasteiger partial charge in [-0.25, -0.2) is 9.59 Å². The van der Waals surface area contributed by atoms with Crippen LogP contribution in [0.5, 0.6) is 0 Å². The van der Waals surface area contributed by atoms with Crippen LogP contribution >= 0.6 is 0 Å². The molecule has 0 bridgehead atoms. The summed E-state index contributed by atoms with van der Waals surface area (Å²) in [4.78, 5) is 34.4. The van der Waals surface area contributed by atoms with Crippen molar-refractivity contribution < 1.29 is 23.9 Å². The number of rotatable bonds is 7. The summed E-state index contributed by atoms with van der Waals surface area (Å²) in [5.41, 5.74) is 0.268. The van der Waals surface area contributed by atoms with Crippen LogP contribution in [0.15, 0.2) is 30.3 Å². The fourth-order valence-electron chi connectivity index (χ4n) is 1.67. The lowest BCUT2D eigenvalue weighted by molar-refractivity contribution is -0.120. The number of carbonyl (C=O) groups excluding carboxylic acids is 3. The van der Waals surface area contributed by atoms with E-state index in [-0.39, 0.29) is 32.1 Å².